The van der Waals surface area contributed by atoms with Crippen molar-refractivity contribution in [1.82, 2.24) is 0 Å². The standard InChI is InChI=1S/C24H30O5/c1-11(2)24-13(25)10-12(3)15(24)14-16(20(24)26)23-9-7-8-22(4,5)19(23)18(17(14)28-6)29-21(23)27/h10-11,15,17-19H,7-9H2,1-6H3. The lowest BCUT2D eigenvalue weighted by Gasteiger charge is -2.51. The molecule has 6 atom stereocenters. The molecule has 0 aromatic carbocycles. The highest BCUT2D eigenvalue weighted by molar-refractivity contribution is 6.25. The molecule has 0 spiro atoms. The van der Waals surface area contributed by atoms with Crippen molar-refractivity contribution in [2.24, 2.45) is 34.0 Å². The number of methoxy groups -OCH3 is 1. The number of allylic oxidation sites excluding steroid dienone is 2. The lowest BCUT2D eigenvalue weighted by Crippen LogP contribution is -2.55. The van der Waals surface area contributed by atoms with Gasteiger partial charge in [0.05, 0.1) is 0 Å². The molecule has 1 saturated heterocycles. The number of carbonyl (C=O) groups excluding carboxylic acids is 3. The van der Waals surface area contributed by atoms with E-state index in [0.29, 0.717) is 12.0 Å². The Kier molecular flexibility index (Phi) is 3.64. The molecular formula is C24H30O5. The van der Waals surface area contributed by atoms with E-state index in [1.807, 2.05) is 20.8 Å². The fraction of sp³-hybridized carbons (Fsp3) is 0.708. The van der Waals surface area contributed by atoms with Crippen molar-refractivity contribution >= 4 is 17.5 Å². The van der Waals surface area contributed by atoms with E-state index in [9.17, 15) is 14.4 Å². The Hall–Kier alpha value is -1.75. The number of carbonyl (C=O) groups is 3. The fourth-order valence-electron chi connectivity index (χ4n) is 7.88. The Bertz CT molecular complexity index is 922. The van der Waals surface area contributed by atoms with Crippen molar-refractivity contribution < 1.29 is 23.9 Å². The van der Waals surface area contributed by atoms with Crippen molar-refractivity contribution in [3.05, 3.63) is 22.8 Å². The maximum atomic E-state index is 14.2. The Morgan fingerprint density at radius 1 is 1.17 bits per heavy atom. The second-order valence-electron chi connectivity index (χ2n) is 10.7. The number of hydrogen-bond acceptors (Lipinski definition) is 5. The third kappa shape index (κ3) is 1.81. The zero-order valence-corrected chi connectivity index (χ0v) is 18.1. The summed E-state index contributed by atoms with van der Waals surface area (Å²) in [5.41, 5.74) is 0.122. The van der Waals surface area contributed by atoms with Gasteiger partial charge in [0.2, 0.25) is 0 Å². The monoisotopic (exact) mass is 398 g/mol. The summed E-state index contributed by atoms with van der Waals surface area (Å²) >= 11 is 0. The van der Waals surface area contributed by atoms with Gasteiger partial charge in [0.1, 0.15) is 23.0 Å². The average Bonchev–Trinajstić information content (AvgIpc) is 3.16. The minimum atomic E-state index is -1.13. The highest BCUT2D eigenvalue weighted by Crippen LogP contribution is 2.71. The van der Waals surface area contributed by atoms with Gasteiger partial charge in [-0.25, -0.2) is 0 Å². The van der Waals surface area contributed by atoms with Gasteiger partial charge >= 0.3 is 5.97 Å². The molecule has 156 valence electrons. The molecule has 0 amide bonds. The largest absolute Gasteiger partial charge is 0.458 e. The van der Waals surface area contributed by atoms with Crippen molar-refractivity contribution in [1.29, 1.82) is 0 Å². The Balaban J connectivity index is 1.84. The highest BCUT2D eigenvalue weighted by Gasteiger charge is 2.77. The Morgan fingerprint density at radius 3 is 2.48 bits per heavy atom. The van der Waals surface area contributed by atoms with Crippen LogP contribution >= 0.6 is 0 Å². The number of Topliss-reactive ketones (excluding diaryl/α,β-unsaturated/α-hetero) is 1. The first-order valence-corrected chi connectivity index (χ1v) is 10.8. The highest BCUT2D eigenvalue weighted by atomic mass is 16.6. The first-order valence-electron chi connectivity index (χ1n) is 10.8. The van der Waals surface area contributed by atoms with Crippen LogP contribution in [0.2, 0.25) is 0 Å². The lowest BCUT2D eigenvalue weighted by atomic mass is 9.49. The molecule has 29 heavy (non-hydrogen) atoms. The van der Waals surface area contributed by atoms with E-state index in [4.69, 9.17) is 9.47 Å². The van der Waals surface area contributed by atoms with Crippen LogP contribution in [0.15, 0.2) is 22.8 Å². The SMILES string of the molecule is COC1C2=C(C(=O)C3(C(C)C)C(=O)C=C(C)C23)C23CCCC(C)(C)C2C1OC3=O. The minimum absolute atomic E-state index is 0.105. The molecule has 0 radical (unpaired) electrons. The lowest BCUT2D eigenvalue weighted by molar-refractivity contribution is -0.152. The summed E-state index contributed by atoms with van der Waals surface area (Å²) in [6, 6.07) is 0. The Morgan fingerprint density at radius 2 is 1.86 bits per heavy atom. The van der Waals surface area contributed by atoms with Crippen molar-refractivity contribution in [2.75, 3.05) is 7.11 Å². The molecular weight excluding hydrogens is 368 g/mol. The molecule has 0 N–H and O–H groups in total. The van der Waals surface area contributed by atoms with Gasteiger partial charge in [0, 0.05) is 24.5 Å². The summed E-state index contributed by atoms with van der Waals surface area (Å²) in [6.07, 6.45) is 3.23. The predicted molar refractivity (Wildman–Crippen MR) is 106 cm³/mol. The van der Waals surface area contributed by atoms with Gasteiger partial charge in [-0.2, -0.15) is 0 Å². The van der Waals surface area contributed by atoms with Gasteiger partial charge in [0.25, 0.3) is 0 Å². The number of hydrogen-bond donors (Lipinski definition) is 0. The summed E-state index contributed by atoms with van der Waals surface area (Å²) in [5.74, 6) is -1.13. The van der Waals surface area contributed by atoms with Crippen LogP contribution in [0.25, 0.3) is 0 Å². The van der Waals surface area contributed by atoms with Crippen LogP contribution in [0, 0.1) is 34.0 Å². The summed E-state index contributed by atoms with van der Waals surface area (Å²) in [4.78, 5) is 40.9. The second kappa shape index (κ2) is 5.48. The molecule has 1 heterocycles. The normalized spacial score (nSPS) is 44.7. The van der Waals surface area contributed by atoms with Crippen LogP contribution in [-0.4, -0.2) is 36.9 Å². The molecule has 5 nitrogen and oxygen atoms in total. The Labute approximate surface area is 171 Å². The quantitative estimate of drug-likeness (QED) is 0.527. The van der Waals surface area contributed by atoms with Crippen LogP contribution in [0.4, 0.5) is 0 Å². The maximum absolute atomic E-state index is 14.2. The van der Waals surface area contributed by atoms with E-state index in [0.717, 1.165) is 24.0 Å². The van der Waals surface area contributed by atoms with E-state index < -0.39 is 23.0 Å². The summed E-state index contributed by atoms with van der Waals surface area (Å²) < 4.78 is 12.0. The third-order valence-electron chi connectivity index (χ3n) is 8.80. The van der Waals surface area contributed by atoms with Gasteiger partial charge in [-0.05, 0) is 42.7 Å². The molecule has 0 aromatic heterocycles. The van der Waals surface area contributed by atoms with Crippen LogP contribution in [0.3, 0.4) is 0 Å². The molecule has 4 aliphatic carbocycles. The topological polar surface area (TPSA) is 69.7 Å². The molecule has 0 aromatic rings. The molecule has 5 aliphatic rings. The molecule has 5 rings (SSSR count). The maximum Gasteiger partial charge on any atom is 0.317 e. The summed E-state index contributed by atoms with van der Waals surface area (Å²) in [7, 11) is 1.62. The van der Waals surface area contributed by atoms with E-state index in [1.54, 1.807) is 13.2 Å². The number of rotatable bonds is 2. The van der Waals surface area contributed by atoms with E-state index in [-0.39, 0.29) is 40.7 Å². The molecule has 1 aliphatic heterocycles. The molecule has 2 bridgehead atoms. The number of fused-ring (bicyclic) bond motifs is 2. The van der Waals surface area contributed by atoms with E-state index in [1.165, 1.54) is 0 Å². The van der Waals surface area contributed by atoms with Gasteiger partial charge in [-0.15, -0.1) is 0 Å². The van der Waals surface area contributed by atoms with Crippen molar-refractivity contribution in [3.8, 4) is 0 Å². The van der Waals surface area contributed by atoms with Crippen molar-refractivity contribution in [2.45, 2.75) is 66.1 Å². The van der Waals surface area contributed by atoms with Crippen LogP contribution in [0.5, 0.6) is 0 Å². The van der Waals surface area contributed by atoms with Gasteiger partial charge in [-0.1, -0.05) is 39.7 Å². The molecule has 2 fully saturated rings. The number of esters is 1. The van der Waals surface area contributed by atoms with E-state index in [2.05, 4.69) is 13.8 Å². The summed E-state index contributed by atoms with van der Waals surface area (Å²) in [5, 5.41) is 0. The molecule has 5 heteroatoms. The van der Waals surface area contributed by atoms with Gasteiger partial charge in [0.15, 0.2) is 11.6 Å². The minimum Gasteiger partial charge on any atom is -0.458 e. The van der Waals surface area contributed by atoms with Crippen LogP contribution in [0.1, 0.15) is 53.9 Å². The zero-order valence-electron chi connectivity index (χ0n) is 18.1. The molecule has 1 saturated carbocycles. The average molecular weight is 398 g/mol. The predicted octanol–water partition coefficient (Wildman–Crippen LogP) is 3.42. The first-order chi connectivity index (χ1) is 13.6. The third-order valence-corrected chi connectivity index (χ3v) is 8.80. The second-order valence-corrected chi connectivity index (χ2v) is 10.7. The van der Waals surface area contributed by atoms with E-state index >= 15 is 0 Å². The van der Waals surface area contributed by atoms with Crippen molar-refractivity contribution in [3.63, 3.8) is 0 Å². The van der Waals surface area contributed by atoms with Crippen LogP contribution in [-0.2, 0) is 23.9 Å². The molecule has 6 unspecified atom stereocenters. The van der Waals surface area contributed by atoms with Crippen LogP contribution < -0.4 is 0 Å². The number of ketones is 2. The first kappa shape index (κ1) is 19.2. The zero-order chi connectivity index (χ0) is 21.1. The van der Waals surface area contributed by atoms with Gasteiger partial charge < -0.3 is 9.47 Å². The number of ether oxygens (including phenoxy) is 2. The fourth-order valence-corrected chi connectivity index (χ4v) is 7.88. The summed E-state index contributed by atoms with van der Waals surface area (Å²) in [6.45, 7) is 10.2. The smallest absolute Gasteiger partial charge is 0.317 e. The van der Waals surface area contributed by atoms with Gasteiger partial charge in [-0.3, -0.25) is 14.4 Å².